The number of hydrogen-bond acceptors (Lipinski definition) is 4. The maximum atomic E-state index is 13.6. The lowest BCUT2D eigenvalue weighted by Gasteiger charge is -2.08. The maximum absolute atomic E-state index is 13.6. The highest BCUT2D eigenvalue weighted by Gasteiger charge is 2.21. The molecule has 1 aromatic heterocycles. The van der Waals surface area contributed by atoms with Crippen LogP contribution in [0.4, 0.5) is 14.5 Å². The van der Waals surface area contributed by atoms with Crippen LogP contribution in [-0.2, 0) is 10.0 Å². The van der Waals surface area contributed by atoms with Gasteiger partial charge in [0.2, 0.25) is 0 Å². The minimum absolute atomic E-state index is 0.146. The standard InChI is InChI=1S/C11H6BrF2NO4S2/c12-5-3-7(14)8(4-6(5)13)15-21(18,19)10-2-1-9(20-10)11(16)17/h1-4,15H,(H,16,17). The summed E-state index contributed by atoms with van der Waals surface area (Å²) < 4.78 is 52.3. The van der Waals surface area contributed by atoms with Crippen molar-refractivity contribution in [1.82, 2.24) is 0 Å². The quantitative estimate of drug-likeness (QED) is 0.775. The SMILES string of the molecule is O=C(O)c1ccc(S(=O)(=O)Nc2cc(F)c(Br)cc2F)s1. The van der Waals surface area contributed by atoms with Gasteiger partial charge in [-0.15, -0.1) is 11.3 Å². The van der Waals surface area contributed by atoms with Crippen molar-refractivity contribution < 1.29 is 27.1 Å². The Kier molecular flexibility index (Phi) is 4.30. The molecule has 21 heavy (non-hydrogen) atoms. The van der Waals surface area contributed by atoms with Crippen molar-refractivity contribution in [3.63, 3.8) is 0 Å². The predicted molar refractivity (Wildman–Crippen MR) is 76.1 cm³/mol. The summed E-state index contributed by atoms with van der Waals surface area (Å²) in [5.74, 6) is -3.09. The first kappa shape index (κ1) is 15.9. The normalized spacial score (nSPS) is 11.4. The lowest BCUT2D eigenvalue weighted by atomic mass is 10.3. The van der Waals surface area contributed by atoms with Crippen LogP contribution in [0.25, 0.3) is 0 Å². The van der Waals surface area contributed by atoms with Gasteiger partial charge in [0, 0.05) is 6.07 Å². The second kappa shape index (κ2) is 5.70. The molecule has 0 atom stereocenters. The molecular weight excluding hydrogens is 392 g/mol. The summed E-state index contributed by atoms with van der Waals surface area (Å²) in [6, 6.07) is 3.65. The summed E-state index contributed by atoms with van der Waals surface area (Å²) in [4.78, 5) is 10.5. The van der Waals surface area contributed by atoms with Crippen LogP contribution < -0.4 is 4.72 Å². The van der Waals surface area contributed by atoms with Gasteiger partial charge >= 0.3 is 5.97 Å². The molecule has 2 rings (SSSR count). The largest absolute Gasteiger partial charge is 0.477 e. The Morgan fingerprint density at radius 1 is 1.24 bits per heavy atom. The van der Waals surface area contributed by atoms with Crippen molar-refractivity contribution in [3.05, 3.63) is 45.2 Å². The van der Waals surface area contributed by atoms with Gasteiger partial charge in [-0.1, -0.05) is 0 Å². The van der Waals surface area contributed by atoms with E-state index in [2.05, 4.69) is 15.9 Å². The van der Waals surface area contributed by atoms with Crippen LogP contribution in [0.2, 0.25) is 0 Å². The Morgan fingerprint density at radius 2 is 1.90 bits per heavy atom. The van der Waals surface area contributed by atoms with Gasteiger partial charge in [-0.2, -0.15) is 0 Å². The highest BCUT2D eigenvalue weighted by molar-refractivity contribution is 9.10. The first-order valence-corrected chi connectivity index (χ1v) is 8.30. The molecule has 0 aliphatic carbocycles. The number of aromatic carboxylic acids is 1. The number of hydrogen-bond donors (Lipinski definition) is 2. The van der Waals surface area contributed by atoms with Gasteiger partial charge in [0.1, 0.15) is 20.7 Å². The number of carboxylic acids is 1. The van der Waals surface area contributed by atoms with Crippen molar-refractivity contribution in [2.45, 2.75) is 4.21 Å². The molecule has 10 heteroatoms. The van der Waals surface area contributed by atoms with Crippen LogP contribution in [0.5, 0.6) is 0 Å². The van der Waals surface area contributed by atoms with Crippen LogP contribution in [0, 0.1) is 11.6 Å². The predicted octanol–water partition coefficient (Wildman–Crippen LogP) is 3.29. The molecule has 1 heterocycles. The van der Waals surface area contributed by atoms with Crippen molar-refractivity contribution in [2.24, 2.45) is 0 Å². The maximum Gasteiger partial charge on any atom is 0.345 e. The van der Waals surface area contributed by atoms with Gasteiger partial charge in [0.05, 0.1) is 10.2 Å². The van der Waals surface area contributed by atoms with Crippen LogP contribution in [0.3, 0.4) is 0 Å². The zero-order valence-electron chi connectivity index (χ0n) is 9.93. The van der Waals surface area contributed by atoms with Gasteiger partial charge in [0.25, 0.3) is 10.0 Å². The van der Waals surface area contributed by atoms with E-state index in [0.29, 0.717) is 17.4 Å². The number of carbonyl (C=O) groups is 1. The highest BCUT2D eigenvalue weighted by Crippen LogP contribution is 2.28. The molecule has 0 spiro atoms. The van der Waals surface area contributed by atoms with Crippen LogP contribution in [0.1, 0.15) is 9.67 Å². The summed E-state index contributed by atoms with van der Waals surface area (Å²) in [5.41, 5.74) is -0.569. The zero-order valence-corrected chi connectivity index (χ0v) is 13.2. The molecule has 0 saturated heterocycles. The van der Waals surface area contributed by atoms with Crippen LogP contribution >= 0.6 is 27.3 Å². The number of rotatable bonds is 4. The van der Waals surface area contributed by atoms with Gasteiger partial charge in [-0.3, -0.25) is 4.72 Å². The van der Waals surface area contributed by atoms with Gasteiger partial charge < -0.3 is 5.11 Å². The molecule has 0 radical (unpaired) electrons. The summed E-state index contributed by atoms with van der Waals surface area (Å²) in [6.45, 7) is 0. The van der Waals surface area contributed by atoms with E-state index in [4.69, 9.17) is 5.11 Å². The van der Waals surface area contributed by atoms with E-state index in [9.17, 15) is 22.0 Å². The van der Waals surface area contributed by atoms with E-state index in [1.54, 1.807) is 0 Å². The third kappa shape index (κ3) is 3.39. The minimum atomic E-state index is -4.19. The number of benzene rings is 1. The van der Waals surface area contributed by atoms with E-state index in [1.807, 2.05) is 4.72 Å². The number of sulfonamides is 1. The summed E-state index contributed by atoms with van der Waals surface area (Å²) >= 11 is 3.27. The Morgan fingerprint density at radius 3 is 2.48 bits per heavy atom. The molecule has 0 unspecified atom stereocenters. The third-order valence-corrected chi connectivity index (χ3v) is 5.85. The lowest BCUT2D eigenvalue weighted by molar-refractivity contribution is 0.0702. The van der Waals surface area contributed by atoms with Gasteiger partial charge in [-0.25, -0.2) is 22.0 Å². The molecule has 2 aromatic rings. The van der Waals surface area contributed by atoms with Crippen LogP contribution in [0.15, 0.2) is 32.9 Å². The lowest BCUT2D eigenvalue weighted by Crippen LogP contribution is -2.13. The monoisotopic (exact) mass is 397 g/mol. The molecule has 0 bridgehead atoms. The summed E-state index contributed by atoms with van der Waals surface area (Å²) in [7, 11) is -4.19. The average Bonchev–Trinajstić information content (AvgIpc) is 2.86. The van der Waals surface area contributed by atoms with Crippen molar-refractivity contribution in [3.8, 4) is 0 Å². The Labute approximate surface area is 130 Å². The molecule has 5 nitrogen and oxygen atoms in total. The second-order valence-corrected chi connectivity index (χ2v) is 7.62. The number of nitrogens with one attached hydrogen (secondary N) is 1. The Hall–Kier alpha value is -1.52. The molecule has 1 aromatic carbocycles. The molecule has 112 valence electrons. The smallest absolute Gasteiger partial charge is 0.345 e. The third-order valence-electron chi connectivity index (χ3n) is 2.31. The topological polar surface area (TPSA) is 83.5 Å². The van der Waals surface area contributed by atoms with Gasteiger partial charge in [0.15, 0.2) is 0 Å². The summed E-state index contributed by atoms with van der Waals surface area (Å²) in [5, 5.41) is 8.75. The van der Waals surface area contributed by atoms with E-state index >= 15 is 0 Å². The molecule has 0 saturated carbocycles. The first-order valence-electron chi connectivity index (χ1n) is 5.21. The minimum Gasteiger partial charge on any atom is -0.477 e. The van der Waals surface area contributed by atoms with Crippen molar-refractivity contribution in [2.75, 3.05) is 4.72 Å². The molecule has 0 fully saturated rings. The Balaban J connectivity index is 2.37. The average molecular weight is 398 g/mol. The molecule has 0 aliphatic rings. The molecule has 0 amide bonds. The van der Waals surface area contributed by atoms with Crippen molar-refractivity contribution >= 4 is 48.9 Å². The fourth-order valence-electron chi connectivity index (χ4n) is 1.38. The van der Waals surface area contributed by atoms with Gasteiger partial charge in [-0.05, 0) is 34.1 Å². The fraction of sp³-hybridized carbons (Fsp3) is 0. The second-order valence-electron chi connectivity index (χ2n) is 3.78. The number of anilines is 1. The molecule has 2 N–H and O–H groups in total. The number of halogens is 3. The summed E-state index contributed by atoms with van der Waals surface area (Å²) in [6.07, 6.45) is 0. The first-order chi connectivity index (χ1) is 9.70. The van der Waals surface area contributed by atoms with Crippen LogP contribution in [-0.4, -0.2) is 19.5 Å². The van der Waals surface area contributed by atoms with E-state index in [0.717, 1.165) is 18.2 Å². The zero-order chi connectivity index (χ0) is 15.8. The molecule has 0 aliphatic heterocycles. The number of thiophene rings is 1. The number of carboxylic acid groups (broad SMARTS) is 1. The van der Waals surface area contributed by atoms with E-state index in [1.165, 1.54) is 0 Å². The Bertz CT molecular complexity index is 820. The fourth-order valence-corrected chi connectivity index (χ4v) is 3.89. The molecular formula is C11H6BrF2NO4S2. The highest BCUT2D eigenvalue weighted by atomic mass is 79.9. The van der Waals surface area contributed by atoms with E-state index in [-0.39, 0.29) is 13.6 Å². The van der Waals surface area contributed by atoms with Crippen molar-refractivity contribution in [1.29, 1.82) is 0 Å². The van der Waals surface area contributed by atoms with E-state index < -0.39 is 33.3 Å².